The number of carbonyl (C=O) groups is 3. The third-order valence-corrected chi connectivity index (χ3v) is 6.19. The number of anilines is 3. The highest BCUT2D eigenvalue weighted by Crippen LogP contribution is 2.33. The lowest BCUT2D eigenvalue weighted by Crippen LogP contribution is -2.32. The van der Waals surface area contributed by atoms with Gasteiger partial charge in [0.25, 0.3) is 17.7 Å². The van der Waals surface area contributed by atoms with E-state index in [1.54, 1.807) is 43.3 Å². The number of imide groups is 1. The Morgan fingerprint density at radius 1 is 1.00 bits per heavy atom. The molecule has 0 saturated heterocycles. The lowest BCUT2D eigenvalue weighted by atomic mass is 10.1. The smallest absolute Gasteiger partial charge is 0.283 e. The van der Waals surface area contributed by atoms with E-state index in [2.05, 4.69) is 10.6 Å². The molecule has 190 valence electrons. The van der Waals surface area contributed by atoms with Gasteiger partial charge in [0.15, 0.2) is 0 Å². The fraction of sp³-hybridized carbons (Fsp3) is 0.148. The molecule has 1 aliphatic heterocycles. The molecule has 10 heteroatoms. The summed E-state index contributed by atoms with van der Waals surface area (Å²) in [5.74, 6) is -2.06. The van der Waals surface area contributed by atoms with Crippen LogP contribution in [0.4, 0.5) is 21.5 Å². The number of benzene rings is 3. The number of aryl methyl sites for hydroxylation is 1. The van der Waals surface area contributed by atoms with Crippen LogP contribution in [-0.2, 0) is 9.59 Å². The van der Waals surface area contributed by atoms with Crippen molar-refractivity contribution in [2.24, 2.45) is 0 Å². The highest BCUT2D eigenvalue weighted by atomic mass is 35.5. The number of halogens is 3. The highest BCUT2D eigenvalue weighted by molar-refractivity contribution is 6.53. The van der Waals surface area contributed by atoms with E-state index in [-0.39, 0.29) is 21.4 Å². The van der Waals surface area contributed by atoms with Gasteiger partial charge in [-0.05, 0) is 61.4 Å². The first-order chi connectivity index (χ1) is 17.7. The third-order valence-electron chi connectivity index (χ3n) is 5.55. The van der Waals surface area contributed by atoms with Gasteiger partial charge >= 0.3 is 0 Å². The van der Waals surface area contributed by atoms with Crippen molar-refractivity contribution in [1.82, 2.24) is 0 Å². The number of para-hydroxylation sites is 2. The number of rotatable bonds is 8. The standard InChI is InChI=1S/C27H22Cl2FN3O4/c1-3-12-37-22-7-5-4-6-20(22)32-25(34)16-9-8-15(2)21(13-16)31-24-23(29)26(35)33(27(24)36)17-10-11-19(30)18(28)14-17/h4-11,13-14,31H,3,12H2,1-2H3,(H,32,34). The Morgan fingerprint density at radius 2 is 1.76 bits per heavy atom. The molecule has 37 heavy (non-hydrogen) atoms. The third kappa shape index (κ3) is 5.45. The van der Waals surface area contributed by atoms with E-state index in [9.17, 15) is 18.8 Å². The molecule has 0 radical (unpaired) electrons. The summed E-state index contributed by atoms with van der Waals surface area (Å²) in [5, 5.41) is 5.13. The molecule has 0 atom stereocenters. The number of nitrogens with zero attached hydrogens (tertiary/aromatic N) is 1. The summed E-state index contributed by atoms with van der Waals surface area (Å²) in [4.78, 5) is 39.7. The Bertz CT molecular complexity index is 1440. The molecule has 0 bridgehead atoms. The number of hydrogen-bond acceptors (Lipinski definition) is 5. The van der Waals surface area contributed by atoms with Crippen molar-refractivity contribution in [2.75, 3.05) is 22.1 Å². The molecule has 3 amide bonds. The van der Waals surface area contributed by atoms with Gasteiger partial charge in [-0.15, -0.1) is 0 Å². The van der Waals surface area contributed by atoms with Gasteiger partial charge in [0.2, 0.25) is 0 Å². The van der Waals surface area contributed by atoms with E-state index in [1.165, 1.54) is 6.07 Å². The molecular formula is C27H22Cl2FN3O4. The quantitative estimate of drug-likeness (QED) is 0.328. The molecule has 0 unspecified atom stereocenters. The van der Waals surface area contributed by atoms with E-state index < -0.39 is 23.5 Å². The first-order valence-electron chi connectivity index (χ1n) is 11.4. The van der Waals surface area contributed by atoms with Crippen LogP contribution in [0.25, 0.3) is 0 Å². The van der Waals surface area contributed by atoms with Crippen molar-refractivity contribution in [2.45, 2.75) is 20.3 Å². The minimum Gasteiger partial charge on any atom is -0.491 e. The Morgan fingerprint density at radius 3 is 2.49 bits per heavy atom. The van der Waals surface area contributed by atoms with Gasteiger partial charge in [0.1, 0.15) is 22.3 Å². The van der Waals surface area contributed by atoms with Crippen LogP contribution in [0.15, 0.2) is 71.4 Å². The summed E-state index contributed by atoms with van der Waals surface area (Å²) in [6, 6.07) is 15.5. The van der Waals surface area contributed by atoms with Gasteiger partial charge in [0, 0.05) is 11.3 Å². The largest absolute Gasteiger partial charge is 0.491 e. The van der Waals surface area contributed by atoms with Crippen molar-refractivity contribution in [1.29, 1.82) is 0 Å². The average molecular weight is 542 g/mol. The molecule has 0 aliphatic carbocycles. The molecule has 0 fully saturated rings. The summed E-state index contributed by atoms with van der Waals surface area (Å²) in [7, 11) is 0. The first-order valence-corrected chi connectivity index (χ1v) is 12.1. The summed E-state index contributed by atoms with van der Waals surface area (Å²) >= 11 is 12.0. The van der Waals surface area contributed by atoms with Crippen LogP contribution in [0.5, 0.6) is 5.75 Å². The Kier molecular flexibility index (Phi) is 7.80. The van der Waals surface area contributed by atoms with Crippen LogP contribution >= 0.6 is 23.2 Å². The van der Waals surface area contributed by atoms with Crippen molar-refractivity contribution in [3.05, 3.63) is 93.4 Å². The molecule has 2 N–H and O–H groups in total. The van der Waals surface area contributed by atoms with E-state index in [0.717, 1.165) is 23.5 Å². The molecule has 0 spiro atoms. The predicted octanol–water partition coefficient (Wildman–Crippen LogP) is 6.26. The summed E-state index contributed by atoms with van der Waals surface area (Å²) in [6.07, 6.45) is 0.820. The molecule has 4 rings (SSSR count). The predicted molar refractivity (Wildman–Crippen MR) is 142 cm³/mol. The molecule has 0 aromatic heterocycles. The summed E-state index contributed by atoms with van der Waals surface area (Å²) < 4.78 is 19.3. The Labute approximate surface area is 222 Å². The van der Waals surface area contributed by atoms with E-state index in [4.69, 9.17) is 27.9 Å². The minimum absolute atomic E-state index is 0.0742. The van der Waals surface area contributed by atoms with Gasteiger partial charge < -0.3 is 15.4 Å². The number of nitrogens with one attached hydrogen (secondary N) is 2. The fourth-order valence-electron chi connectivity index (χ4n) is 3.60. The van der Waals surface area contributed by atoms with Gasteiger partial charge in [0.05, 0.1) is 23.0 Å². The van der Waals surface area contributed by atoms with Gasteiger partial charge in [-0.25, -0.2) is 9.29 Å². The first kappa shape index (κ1) is 26.2. The maximum absolute atomic E-state index is 13.6. The minimum atomic E-state index is -0.785. The van der Waals surface area contributed by atoms with Crippen LogP contribution in [0.3, 0.4) is 0 Å². The zero-order chi connectivity index (χ0) is 26.7. The van der Waals surface area contributed by atoms with Crippen LogP contribution in [0, 0.1) is 12.7 Å². The summed E-state index contributed by atoms with van der Waals surface area (Å²) in [5.41, 5.74) is 1.82. The zero-order valence-electron chi connectivity index (χ0n) is 19.9. The van der Waals surface area contributed by atoms with E-state index >= 15 is 0 Å². The SMILES string of the molecule is CCCOc1ccccc1NC(=O)c1ccc(C)c(NC2=C(Cl)C(=O)N(c3ccc(F)c(Cl)c3)C2=O)c1. The molecule has 7 nitrogen and oxygen atoms in total. The second-order valence-corrected chi connectivity index (χ2v) is 8.97. The zero-order valence-corrected chi connectivity index (χ0v) is 21.4. The topological polar surface area (TPSA) is 87.7 Å². The second kappa shape index (κ2) is 11.0. The van der Waals surface area contributed by atoms with Crippen molar-refractivity contribution < 1.29 is 23.5 Å². The Balaban J connectivity index is 1.57. The molecule has 0 saturated carbocycles. The molecular weight excluding hydrogens is 520 g/mol. The van der Waals surface area contributed by atoms with Crippen LogP contribution in [0.2, 0.25) is 5.02 Å². The molecule has 3 aromatic rings. The Hall–Kier alpha value is -3.88. The van der Waals surface area contributed by atoms with Crippen LogP contribution < -0.4 is 20.3 Å². The van der Waals surface area contributed by atoms with Crippen molar-refractivity contribution in [3.8, 4) is 5.75 Å². The van der Waals surface area contributed by atoms with Crippen LogP contribution in [0.1, 0.15) is 29.3 Å². The molecule has 3 aromatic carbocycles. The van der Waals surface area contributed by atoms with E-state index in [1.807, 2.05) is 13.0 Å². The van der Waals surface area contributed by atoms with E-state index in [0.29, 0.717) is 34.9 Å². The molecule has 1 aliphatic rings. The fourth-order valence-corrected chi connectivity index (χ4v) is 3.99. The number of hydrogen-bond donors (Lipinski definition) is 2. The maximum atomic E-state index is 13.6. The van der Waals surface area contributed by atoms with Gasteiger partial charge in [-0.1, -0.05) is 48.3 Å². The number of ether oxygens (including phenoxy) is 1. The normalized spacial score (nSPS) is 13.3. The number of carbonyl (C=O) groups excluding carboxylic acids is 3. The maximum Gasteiger partial charge on any atom is 0.283 e. The highest BCUT2D eigenvalue weighted by Gasteiger charge is 2.39. The van der Waals surface area contributed by atoms with Crippen molar-refractivity contribution in [3.63, 3.8) is 0 Å². The van der Waals surface area contributed by atoms with Gasteiger partial charge in [-0.2, -0.15) is 0 Å². The van der Waals surface area contributed by atoms with Gasteiger partial charge in [-0.3, -0.25) is 14.4 Å². The molecule has 1 heterocycles. The second-order valence-electron chi connectivity index (χ2n) is 8.19. The lowest BCUT2D eigenvalue weighted by molar-refractivity contribution is -0.120. The average Bonchev–Trinajstić information content (AvgIpc) is 3.09. The van der Waals surface area contributed by atoms with Crippen molar-refractivity contribution >= 4 is 58.0 Å². The lowest BCUT2D eigenvalue weighted by Gasteiger charge is -2.16. The van der Waals surface area contributed by atoms with Crippen LogP contribution in [-0.4, -0.2) is 24.3 Å². The monoisotopic (exact) mass is 541 g/mol. The number of amides is 3. The summed E-state index contributed by atoms with van der Waals surface area (Å²) in [6.45, 7) is 4.26.